The molecule has 2 heterocycles. The van der Waals surface area contributed by atoms with Gasteiger partial charge in [0.1, 0.15) is 5.82 Å². The summed E-state index contributed by atoms with van der Waals surface area (Å²) in [5.74, 6) is 0.989. The van der Waals surface area contributed by atoms with Crippen LogP contribution in [0, 0.1) is 5.92 Å². The van der Waals surface area contributed by atoms with Crippen molar-refractivity contribution in [3.8, 4) is 11.1 Å². The predicted molar refractivity (Wildman–Crippen MR) is 109 cm³/mol. The van der Waals surface area contributed by atoms with Crippen LogP contribution in [0.4, 0.5) is 5.82 Å². The molecule has 2 amide bonds. The van der Waals surface area contributed by atoms with Gasteiger partial charge < -0.3 is 15.5 Å². The van der Waals surface area contributed by atoms with Gasteiger partial charge in [0.2, 0.25) is 5.91 Å². The zero-order valence-corrected chi connectivity index (χ0v) is 16.0. The van der Waals surface area contributed by atoms with Crippen molar-refractivity contribution in [3.05, 3.63) is 48.2 Å². The third kappa shape index (κ3) is 3.72. The third-order valence-corrected chi connectivity index (χ3v) is 5.83. The normalized spacial score (nSPS) is 17.7. The first kappa shape index (κ1) is 18.5. The van der Waals surface area contributed by atoms with Gasteiger partial charge in [-0.2, -0.15) is 0 Å². The molecule has 1 saturated heterocycles. The fourth-order valence-electron chi connectivity index (χ4n) is 3.89. The zero-order chi connectivity index (χ0) is 19.5. The molecule has 0 spiro atoms. The van der Waals surface area contributed by atoms with Gasteiger partial charge in [-0.1, -0.05) is 18.6 Å². The molecule has 1 saturated carbocycles. The summed E-state index contributed by atoms with van der Waals surface area (Å²) in [5.41, 5.74) is 8.40. The van der Waals surface area contributed by atoms with E-state index in [1.807, 2.05) is 46.2 Å². The van der Waals surface area contributed by atoms with E-state index in [1.54, 1.807) is 6.20 Å². The first-order chi connectivity index (χ1) is 13.6. The fraction of sp³-hybridized carbons (Fsp3) is 0.409. The lowest BCUT2D eigenvalue weighted by Crippen LogP contribution is -2.41. The largest absolute Gasteiger partial charge is 0.383 e. The number of aromatic nitrogens is 1. The van der Waals surface area contributed by atoms with Crippen molar-refractivity contribution in [3.63, 3.8) is 0 Å². The van der Waals surface area contributed by atoms with Crippen LogP contribution >= 0.6 is 0 Å². The molecule has 1 aliphatic carbocycles. The van der Waals surface area contributed by atoms with Gasteiger partial charge in [-0.05, 0) is 49.1 Å². The molecule has 0 bridgehead atoms. The van der Waals surface area contributed by atoms with E-state index in [0.717, 1.165) is 43.4 Å². The van der Waals surface area contributed by atoms with E-state index < -0.39 is 0 Å². The van der Waals surface area contributed by atoms with Crippen LogP contribution in [0.2, 0.25) is 0 Å². The highest BCUT2D eigenvalue weighted by Gasteiger charge is 2.31. The van der Waals surface area contributed by atoms with Gasteiger partial charge in [0.05, 0.1) is 0 Å². The monoisotopic (exact) mass is 378 g/mol. The Morgan fingerprint density at radius 2 is 1.64 bits per heavy atom. The number of anilines is 1. The highest BCUT2D eigenvalue weighted by molar-refractivity contribution is 5.95. The van der Waals surface area contributed by atoms with Crippen molar-refractivity contribution in [2.45, 2.75) is 25.7 Å². The van der Waals surface area contributed by atoms with E-state index in [2.05, 4.69) is 4.98 Å². The maximum absolute atomic E-state index is 12.9. The lowest BCUT2D eigenvalue weighted by atomic mass is 9.84. The molecule has 146 valence electrons. The second-order valence-electron chi connectivity index (χ2n) is 7.61. The van der Waals surface area contributed by atoms with Gasteiger partial charge >= 0.3 is 0 Å². The van der Waals surface area contributed by atoms with Crippen LogP contribution in [0.1, 0.15) is 36.0 Å². The summed E-state index contributed by atoms with van der Waals surface area (Å²) in [6, 6.07) is 11.3. The summed E-state index contributed by atoms with van der Waals surface area (Å²) in [6.07, 6.45) is 5.69. The van der Waals surface area contributed by atoms with Crippen molar-refractivity contribution in [2.24, 2.45) is 5.92 Å². The van der Waals surface area contributed by atoms with E-state index in [-0.39, 0.29) is 17.7 Å². The number of rotatable bonds is 3. The maximum Gasteiger partial charge on any atom is 0.253 e. The maximum atomic E-state index is 12.9. The summed E-state index contributed by atoms with van der Waals surface area (Å²) < 4.78 is 0. The van der Waals surface area contributed by atoms with Gasteiger partial charge in [-0.25, -0.2) is 4.98 Å². The fourth-order valence-corrected chi connectivity index (χ4v) is 3.89. The smallest absolute Gasteiger partial charge is 0.253 e. The summed E-state index contributed by atoms with van der Waals surface area (Å²) >= 11 is 0. The Morgan fingerprint density at radius 3 is 2.32 bits per heavy atom. The number of nitrogen functional groups attached to an aromatic ring is 1. The number of hydrogen-bond acceptors (Lipinski definition) is 4. The third-order valence-electron chi connectivity index (χ3n) is 5.83. The lowest BCUT2D eigenvalue weighted by molar-refractivity contribution is -0.138. The van der Waals surface area contributed by atoms with E-state index in [0.29, 0.717) is 31.0 Å². The molecule has 2 fully saturated rings. The van der Waals surface area contributed by atoms with Crippen LogP contribution in [-0.2, 0) is 4.79 Å². The quantitative estimate of drug-likeness (QED) is 0.891. The van der Waals surface area contributed by atoms with Crippen LogP contribution in [0.15, 0.2) is 42.6 Å². The molecule has 0 atom stereocenters. The lowest BCUT2D eigenvalue weighted by Gasteiger charge is -2.31. The molecule has 4 rings (SSSR count). The highest BCUT2D eigenvalue weighted by Crippen LogP contribution is 2.29. The van der Waals surface area contributed by atoms with Crippen molar-refractivity contribution < 1.29 is 9.59 Å². The Kier molecular flexibility index (Phi) is 5.28. The van der Waals surface area contributed by atoms with E-state index in [1.165, 1.54) is 0 Å². The standard InChI is InChI=1S/C22H26N4O2/c23-20-19(6-2-11-24-20)16-7-9-18(10-8-16)22(28)26-13-3-12-25(14-15-26)21(27)17-4-1-5-17/h2,6-11,17H,1,3-5,12-15H2,(H2,23,24). The van der Waals surface area contributed by atoms with Gasteiger partial charge in [-0.3, -0.25) is 9.59 Å². The second kappa shape index (κ2) is 8.00. The minimum atomic E-state index is 0.0173. The molecule has 6 heteroatoms. The topological polar surface area (TPSA) is 79.5 Å². The van der Waals surface area contributed by atoms with Crippen LogP contribution in [-0.4, -0.2) is 52.8 Å². The Balaban J connectivity index is 1.41. The molecule has 2 aliphatic rings. The van der Waals surface area contributed by atoms with Crippen molar-refractivity contribution >= 4 is 17.6 Å². The van der Waals surface area contributed by atoms with E-state index >= 15 is 0 Å². The molecule has 0 radical (unpaired) electrons. The van der Waals surface area contributed by atoms with Crippen LogP contribution in [0.3, 0.4) is 0 Å². The van der Waals surface area contributed by atoms with E-state index in [9.17, 15) is 9.59 Å². The Bertz CT molecular complexity index is 861. The minimum absolute atomic E-state index is 0.0173. The van der Waals surface area contributed by atoms with Gasteiger partial charge in [-0.15, -0.1) is 0 Å². The number of pyridine rings is 1. The molecular weight excluding hydrogens is 352 g/mol. The molecule has 2 aromatic rings. The van der Waals surface area contributed by atoms with Crippen molar-refractivity contribution in [1.82, 2.24) is 14.8 Å². The molecular formula is C22H26N4O2. The average molecular weight is 378 g/mol. The Hall–Kier alpha value is -2.89. The number of amides is 2. The SMILES string of the molecule is Nc1ncccc1-c1ccc(C(=O)N2CCCN(C(=O)C3CCC3)CC2)cc1. The highest BCUT2D eigenvalue weighted by atomic mass is 16.2. The molecule has 1 aromatic heterocycles. The number of carbonyl (C=O) groups excluding carboxylic acids is 2. The summed E-state index contributed by atoms with van der Waals surface area (Å²) in [4.78, 5) is 33.3. The van der Waals surface area contributed by atoms with Crippen LogP contribution in [0.25, 0.3) is 11.1 Å². The first-order valence-corrected chi connectivity index (χ1v) is 10.0. The molecule has 1 aromatic carbocycles. The molecule has 6 nitrogen and oxygen atoms in total. The van der Waals surface area contributed by atoms with Crippen molar-refractivity contribution in [2.75, 3.05) is 31.9 Å². The first-order valence-electron chi connectivity index (χ1n) is 10.0. The Labute approximate surface area is 165 Å². The molecule has 0 unspecified atom stereocenters. The molecule has 1 aliphatic heterocycles. The van der Waals surface area contributed by atoms with Gasteiger partial charge in [0.25, 0.3) is 5.91 Å². The van der Waals surface area contributed by atoms with Crippen LogP contribution < -0.4 is 5.73 Å². The van der Waals surface area contributed by atoms with Gasteiger partial charge in [0.15, 0.2) is 0 Å². The number of nitrogens with zero attached hydrogens (tertiary/aromatic N) is 3. The molecule has 28 heavy (non-hydrogen) atoms. The average Bonchev–Trinajstić information content (AvgIpc) is 2.93. The number of hydrogen-bond donors (Lipinski definition) is 1. The molecule has 2 N–H and O–H groups in total. The second-order valence-corrected chi connectivity index (χ2v) is 7.61. The van der Waals surface area contributed by atoms with Crippen LogP contribution in [0.5, 0.6) is 0 Å². The summed E-state index contributed by atoms with van der Waals surface area (Å²) in [6.45, 7) is 2.66. The van der Waals surface area contributed by atoms with Gasteiger partial charge in [0, 0.05) is 49.4 Å². The minimum Gasteiger partial charge on any atom is -0.383 e. The predicted octanol–water partition coefficient (Wildman–Crippen LogP) is 2.81. The number of carbonyl (C=O) groups is 2. The van der Waals surface area contributed by atoms with Crippen molar-refractivity contribution in [1.29, 1.82) is 0 Å². The summed E-state index contributed by atoms with van der Waals surface area (Å²) in [7, 11) is 0. The van der Waals surface area contributed by atoms with E-state index in [4.69, 9.17) is 5.73 Å². The Morgan fingerprint density at radius 1 is 0.929 bits per heavy atom. The number of benzene rings is 1. The zero-order valence-electron chi connectivity index (χ0n) is 16.0. The summed E-state index contributed by atoms with van der Waals surface area (Å²) in [5, 5.41) is 0. The number of nitrogens with two attached hydrogens (primary N) is 1.